The van der Waals surface area contributed by atoms with Crippen molar-refractivity contribution in [3.05, 3.63) is 69.6 Å². The van der Waals surface area contributed by atoms with Crippen LogP contribution < -0.4 is 16.3 Å². The minimum Gasteiger partial charge on any atom is -0.481 e. The van der Waals surface area contributed by atoms with Crippen LogP contribution in [0, 0.1) is 5.92 Å². The lowest BCUT2D eigenvalue weighted by Crippen LogP contribution is -2.45. The first-order valence-corrected chi connectivity index (χ1v) is 10.6. The van der Waals surface area contributed by atoms with Crippen LogP contribution in [0.25, 0.3) is 5.69 Å². The third-order valence-corrected chi connectivity index (χ3v) is 5.75. The van der Waals surface area contributed by atoms with Crippen molar-refractivity contribution in [2.45, 2.75) is 31.7 Å². The number of nitrogens with one attached hydrogen (secondary N) is 3. The van der Waals surface area contributed by atoms with Gasteiger partial charge in [-0.1, -0.05) is 24.4 Å². The molecule has 1 fully saturated rings. The Morgan fingerprint density at radius 3 is 2.44 bits per heavy atom. The van der Waals surface area contributed by atoms with Crippen molar-refractivity contribution in [3.8, 4) is 5.69 Å². The van der Waals surface area contributed by atoms with E-state index in [0.717, 1.165) is 12.8 Å². The van der Waals surface area contributed by atoms with E-state index in [1.807, 2.05) is 0 Å². The molecule has 166 valence electrons. The number of carbonyl (C=O) groups excluding carboxylic acids is 1. The molecule has 0 spiro atoms. The van der Waals surface area contributed by atoms with Crippen molar-refractivity contribution in [1.82, 2.24) is 20.1 Å². The van der Waals surface area contributed by atoms with Gasteiger partial charge >= 0.3 is 11.7 Å². The number of H-pyrrole nitrogens is 1. The quantitative estimate of drug-likeness (QED) is 0.451. The molecule has 32 heavy (non-hydrogen) atoms. The Morgan fingerprint density at radius 1 is 1.06 bits per heavy atom. The van der Waals surface area contributed by atoms with Gasteiger partial charge in [0.1, 0.15) is 0 Å². The minimum absolute atomic E-state index is 0.244. The van der Waals surface area contributed by atoms with E-state index >= 15 is 0 Å². The monoisotopic (exact) mass is 455 g/mol. The summed E-state index contributed by atoms with van der Waals surface area (Å²) >= 11 is 5.88. The lowest BCUT2D eigenvalue weighted by atomic mass is 9.84. The molecule has 1 saturated carbocycles. The summed E-state index contributed by atoms with van der Waals surface area (Å²) in [7, 11) is 0. The Morgan fingerprint density at radius 2 is 1.75 bits per heavy atom. The predicted octanol–water partition coefficient (Wildman–Crippen LogP) is 3.33. The fourth-order valence-electron chi connectivity index (χ4n) is 3.83. The van der Waals surface area contributed by atoms with E-state index in [1.54, 1.807) is 48.5 Å². The van der Waals surface area contributed by atoms with Gasteiger partial charge in [0.05, 0.1) is 11.6 Å². The maximum absolute atomic E-state index is 12.6. The SMILES string of the molecule is O=C(N[C@H]1CCCC[C@@H]1C(=O)O)c1ccc(Nc2nn(-c3ccc(Cl)cc3)c(=O)[nH]2)cc1. The number of carbonyl (C=O) groups is 2. The van der Waals surface area contributed by atoms with Gasteiger partial charge in [0.25, 0.3) is 5.91 Å². The van der Waals surface area contributed by atoms with Crippen molar-refractivity contribution < 1.29 is 14.7 Å². The highest BCUT2D eigenvalue weighted by atomic mass is 35.5. The van der Waals surface area contributed by atoms with E-state index in [1.165, 1.54) is 4.68 Å². The Hall–Kier alpha value is -3.59. The van der Waals surface area contributed by atoms with Gasteiger partial charge in [0.2, 0.25) is 5.95 Å². The molecule has 1 aromatic heterocycles. The van der Waals surface area contributed by atoms with Crippen LogP contribution in [-0.4, -0.2) is 37.8 Å². The molecule has 4 rings (SSSR count). The maximum Gasteiger partial charge on any atom is 0.349 e. The number of carboxylic acid groups (broad SMARTS) is 1. The first-order chi connectivity index (χ1) is 15.4. The topological polar surface area (TPSA) is 129 Å². The van der Waals surface area contributed by atoms with Crippen molar-refractivity contribution >= 4 is 35.1 Å². The number of anilines is 2. The first-order valence-electron chi connectivity index (χ1n) is 10.3. The van der Waals surface area contributed by atoms with Crippen LogP contribution in [-0.2, 0) is 4.79 Å². The van der Waals surface area contributed by atoms with Gasteiger partial charge in [-0.05, 0) is 61.4 Å². The molecule has 3 aromatic rings. The molecule has 2 aromatic carbocycles. The average molecular weight is 456 g/mol. The third kappa shape index (κ3) is 4.83. The molecule has 0 saturated heterocycles. The molecule has 4 N–H and O–H groups in total. The molecule has 10 heteroatoms. The van der Waals surface area contributed by atoms with E-state index in [2.05, 4.69) is 20.7 Å². The smallest absolute Gasteiger partial charge is 0.349 e. The Kier molecular flexibility index (Phi) is 6.27. The molecule has 0 bridgehead atoms. The van der Waals surface area contributed by atoms with Crippen molar-refractivity contribution in [1.29, 1.82) is 0 Å². The summed E-state index contributed by atoms with van der Waals surface area (Å²) in [6.45, 7) is 0. The fraction of sp³-hybridized carbons (Fsp3) is 0.273. The second kappa shape index (κ2) is 9.27. The Labute approximate surface area is 188 Å². The molecule has 9 nitrogen and oxygen atoms in total. The zero-order chi connectivity index (χ0) is 22.7. The number of amides is 1. The van der Waals surface area contributed by atoms with Crippen LogP contribution in [0.15, 0.2) is 53.3 Å². The lowest BCUT2D eigenvalue weighted by Gasteiger charge is -2.29. The third-order valence-electron chi connectivity index (χ3n) is 5.50. The number of aromatic amines is 1. The van der Waals surface area contributed by atoms with Crippen molar-refractivity contribution in [3.63, 3.8) is 0 Å². The van der Waals surface area contributed by atoms with E-state index in [9.17, 15) is 19.5 Å². The zero-order valence-electron chi connectivity index (χ0n) is 17.0. The second-order valence-corrected chi connectivity index (χ2v) is 8.11. The molecular formula is C22H22ClN5O4. The second-order valence-electron chi connectivity index (χ2n) is 7.68. The van der Waals surface area contributed by atoms with Gasteiger partial charge < -0.3 is 15.7 Å². The molecule has 1 heterocycles. The lowest BCUT2D eigenvalue weighted by molar-refractivity contribution is -0.143. The van der Waals surface area contributed by atoms with Crippen LogP contribution in [0.1, 0.15) is 36.0 Å². The highest BCUT2D eigenvalue weighted by molar-refractivity contribution is 6.30. The van der Waals surface area contributed by atoms with Crippen LogP contribution in [0.3, 0.4) is 0 Å². The minimum atomic E-state index is -0.874. The van der Waals surface area contributed by atoms with Crippen LogP contribution >= 0.6 is 11.6 Å². The molecular weight excluding hydrogens is 434 g/mol. The van der Waals surface area contributed by atoms with Gasteiger partial charge in [-0.25, -0.2) is 4.79 Å². The number of aromatic nitrogens is 3. The average Bonchev–Trinajstić information content (AvgIpc) is 3.15. The molecule has 0 unspecified atom stereocenters. The van der Waals surface area contributed by atoms with E-state index < -0.39 is 17.6 Å². The normalized spacial score (nSPS) is 18.2. The summed E-state index contributed by atoms with van der Waals surface area (Å²) < 4.78 is 1.21. The van der Waals surface area contributed by atoms with Gasteiger partial charge in [-0.2, -0.15) is 4.68 Å². The summed E-state index contributed by atoms with van der Waals surface area (Å²) in [5.41, 5.74) is 1.20. The highest BCUT2D eigenvalue weighted by Gasteiger charge is 2.31. The molecule has 2 atom stereocenters. The van der Waals surface area contributed by atoms with Crippen molar-refractivity contribution in [2.24, 2.45) is 5.92 Å². The number of hydrogen-bond donors (Lipinski definition) is 4. The van der Waals surface area contributed by atoms with Crippen LogP contribution in [0.2, 0.25) is 5.02 Å². The molecule has 1 aliphatic carbocycles. The van der Waals surface area contributed by atoms with E-state index in [-0.39, 0.29) is 17.9 Å². The van der Waals surface area contributed by atoms with Crippen LogP contribution in [0.4, 0.5) is 11.6 Å². The zero-order valence-corrected chi connectivity index (χ0v) is 17.8. The number of halogens is 1. The van der Waals surface area contributed by atoms with E-state index in [4.69, 9.17) is 11.6 Å². The summed E-state index contributed by atoms with van der Waals surface area (Å²) in [4.78, 5) is 38.8. The maximum atomic E-state index is 12.6. The number of nitrogens with zero attached hydrogens (tertiary/aromatic N) is 2. The highest BCUT2D eigenvalue weighted by Crippen LogP contribution is 2.25. The molecule has 1 aliphatic rings. The molecule has 1 amide bonds. The molecule has 0 aliphatic heterocycles. The molecule has 0 radical (unpaired) electrons. The predicted molar refractivity (Wildman–Crippen MR) is 120 cm³/mol. The van der Waals surface area contributed by atoms with Gasteiger partial charge in [0.15, 0.2) is 0 Å². The summed E-state index contributed by atoms with van der Waals surface area (Å²) in [6.07, 6.45) is 2.99. The number of benzene rings is 2. The van der Waals surface area contributed by atoms with E-state index in [0.29, 0.717) is 34.8 Å². The summed E-state index contributed by atoms with van der Waals surface area (Å²) in [6, 6.07) is 13.0. The van der Waals surface area contributed by atoms with Gasteiger partial charge in [0, 0.05) is 22.3 Å². The summed E-state index contributed by atoms with van der Waals surface area (Å²) in [5, 5.41) is 20.0. The fourth-order valence-corrected chi connectivity index (χ4v) is 3.96. The Balaban J connectivity index is 1.42. The number of carboxylic acids is 1. The number of rotatable bonds is 6. The summed E-state index contributed by atoms with van der Waals surface area (Å²) in [5.74, 6) is -1.49. The van der Waals surface area contributed by atoms with Crippen molar-refractivity contribution in [2.75, 3.05) is 5.32 Å². The number of aliphatic carboxylic acids is 1. The van der Waals surface area contributed by atoms with Gasteiger partial charge in [-0.3, -0.25) is 14.6 Å². The standard InChI is InChI=1S/C22H22ClN5O4/c23-14-7-11-16(12-8-14)28-22(32)26-21(27-28)24-15-9-5-13(6-10-15)19(29)25-18-4-2-1-3-17(18)20(30)31/h5-12,17-18H,1-4H2,(H,25,29)(H,30,31)(H2,24,26,27,32)/t17-,18-/m0/s1. The van der Waals surface area contributed by atoms with Gasteiger partial charge in [-0.15, -0.1) is 5.10 Å². The Bertz CT molecular complexity index is 1170. The van der Waals surface area contributed by atoms with Crippen LogP contribution in [0.5, 0.6) is 0 Å². The largest absolute Gasteiger partial charge is 0.481 e. The number of hydrogen-bond acceptors (Lipinski definition) is 5. The first kappa shape index (κ1) is 21.6.